The summed E-state index contributed by atoms with van der Waals surface area (Å²) in [6, 6.07) is -0.230. The van der Waals surface area contributed by atoms with Gasteiger partial charge in [0.1, 0.15) is 0 Å². The monoisotopic (exact) mass is 225 g/mol. The molecule has 16 heavy (non-hydrogen) atoms. The maximum absolute atomic E-state index is 6.03. The quantitative estimate of drug-likeness (QED) is 0.826. The van der Waals surface area contributed by atoms with Gasteiger partial charge in [-0.05, 0) is 33.1 Å². The molecular formula is C11H19N3O2. The lowest BCUT2D eigenvalue weighted by molar-refractivity contribution is 0.00920. The van der Waals surface area contributed by atoms with E-state index < -0.39 is 0 Å². The smallest absolute Gasteiger partial charge is 0.229 e. The standard InChI is InChI=1S/C11H19N3O2/c1-11(2,15-3)6-8(12)9-13-10(16-14-9)7-4-5-7/h7-8H,4-6,12H2,1-3H3. The van der Waals surface area contributed by atoms with Crippen LogP contribution in [0.2, 0.25) is 0 Å². The fourth-order valence-electron chi connectivity index (χ4n) is 1.60. The van der Waals surface area contributed by atoms with Gasteiger partial charge in [-0.3, -0.25) is 0 Å². The molecule has 1 aromatic heterocycles. The molecule has 1 aliphatic carbocycles. The van der Waals surface area contributed by atoms with E-state index in [1.165, 1.54) is 0 Å². The predicted octanol–water partition coefficient (Wildman–Crippen LogP) is 1.76. The molecule has 0 amide bonds. The van der Waals surface area contributed by atoms with Gasteiger partial charge >= 0.3 is 0 Å². The highest BCUT2D eigenvalue weighted by Gasteiger charge is 2.31. The fourth-order valence-corrected chi connectivity index (χ4v) is 1.60. The Balaban J connectivity index is 1.99. The normalized spacial score (nSPS) is 18.8. The highest BCUT2D eigenvalue weighted by Crippen LogP contribution is 2.39. The van der Waals surface area contributed by atoms with Crippen LogP contribution in [0.5, 0.6) is 0 Å². The molecule has 0 spiro atoms. The van der Waals surface area contributed by atoms with Gasteiger partial charge in [0.05, 0.1) is 11.6 Å². The third-order valence-electron chi connectivity index (χ3n) is 2.98. The minimum absolute atomic E-state index is 0.230. The summed E-state index contributed by atoms with van der Waals surface area (Å²) < 4.78 is 10.5. The van der Waals surface area contributed by atoms with Crippen LogP contribution in [0.1, 0.15) is 56.8 Å². The molecule has 0 saturated heterocycles. The van der Waals surface area contributed by atoms with E-state index in [1.54, 1.807) is 7.11 Å². The van der Waals surface area contributed by atoms with Crippen molar-refractivity contribution in [3.8, 4) is 0 Å². The van der Waals surface area contributed by atoms with Gasteiger partial charge in [0.15, 0.2) is 5.82 Å². The molecule has 90 valence electrons. The molecule has 0 aliphatic heterocycles. The van der Waals surface area contributed by atoms with Crippen LogP contribution in [0.3, 0.4) is 0 Å². The Morgan fingerprint density at radius 2 is 2.25 bits per heavy atom. The van der Waals surface area contributed by atoms with Crippen molar-refractivity contribution in [1.82, 2.24) is 10.1 Å². The van der Waals surface area contributed by atoms with Crippen molar-refractivity contribution in [3.05, 3.63) is 11.7 Å². The second-order valence-electron chi connectivity index (χ2n) is 5.04. The number of nitrogens with zero attached hydrogens (tertiary/aromatic N) is 2. The van der Waals surface area contributed by atoms with Gasteiger partial charge in [0.2, 0.25) is 5.89 Å². The highest BCUT2D eigenvalue weighted by molar-refractivity contribution is 5.04. The van der Waals surface area contributed by atoms with Gasteiger partial charge in [0, 0.05) is 13.0 Å². The van der Waals surface area contributed by atoms with Crippen molar-refractivity contribution in [2.45, 2.75) is 50.7 Å². The van der Waals surface area contributed by atoms with Crippen molar-refractivity contribution in [1.29, 1.82) is 0 Å². The predicted molar refractivity (Wildman–Crippen MR) is 58.9 cm³/mol. The second kappa shape index (κ2) is 4.14. The number of methoxy groups -OCH3 is 1. The lowest BCUT2D eigenvalue weighted by atomic mass is 9.99. The van der Waals surface area contributed by atoms with Crippen LogP contribution in [0, 0.1) is 0 Å². The minimum Gasteiger partial charge on any atom is -0.379 e. The van der Waals surface area contributed by atoms with Gasteiger partial charge < -0.3 is 15.0 Å². The first kappa shape index (κ1) is 11.5. The summed E-state index contributed by atoms with van der Waals surface area (Å²) >= 11 is 0. The molecule has 1 heterocycles. The van der Waals surface area contributed by atoms with E-state index in [-0.39, 0.29) is 11.6 Å². The molecule has 1 aromatic rings. The summed E-state index contributed by atoms with van der Waals surface area (Å²) in [6.07, 6.45) is 2.98. The van der Waals surface area contributed by atoms with Crippen LogP contribution in [0.15, 0.2) is 4.52 Å². The second-order valence-corrected chi connectivity index (χ2v) is 5.04. The van der Waals surface area contributed by atoms with Gasteiger partial charge in [-0.15, -0.1) is 0 Å². The van der Waals surface area contributed by atoms with Crippen LogP contribution in [-0.4, -0.2) is 22.9 Å². The molecule has 1 fully saturated rings. The maximum Gasteiger partial charge on any atom is 0.229 e. The number of aromatic nitrogens is 2. The van der Waals surface area contributed by atoms with E-state index in [4.69, 9.17) is 15.0 Å². The minimum atomic E-state index is -0.264. The molecule has 5 nitrogen and oxygen atoms in total. The Labute approximate surface area is 95.3 Å². The number of hydrogen-bond acceptors (Lipinski definition) is 5. The molecule has 2 rings (SSSR count). The lowest BCUT2D eigenvalue weighted by Crippen LogP contribution is -2.29. The lowest BCUT2D eigenvalue weighted by Gasteiger charge is -2.24. The van der Waals surface area contributed by atoms with Crippen molar-refractivity contribution in [2.24, 2.45) is 5.73 Å². The largest absolute Gasteiger partial charge is 0.379 e. The Kier molecular flexibility index (Phi) is 2.99. The molecule has 0 bridgehead atoms. The van der Waals surface area contributed by atoms with E-state index in [1.807, 2.05) is 13.8 Å². The average molecular weight is 225 g/mol. The molecule has 1 saturated carbocycles. The number of rotatable bonds is 5. The molecule has 2 N–H and O–H groups in total. The Bertz CT molecular complexity index is 358. The summed E-state index contributed by atoms with van der Waals surface area (Å²) in [7, 11) is 1.68. The molecule has 0 aromatic carbocycles. The maximum atomic E-state index is 6.03. The summed E-state index contributed by atoms with van der Waals surface area (Å²) in [5.74, 6) is 1.80. The first-order chi connectivity index (χ1) is 7.52. The zero-order valence-electron chi connectivity index (χ0n) is 10.1. The summed E-state index contributed by atoms with van der Waals surface area (Å²) in [5.41, 5.74) is 5.76. The number of ether oxygens (including phenoxy) is 1. The van der Waals surface area contributed by atoms with Gasteiger partial charge in [0.25, 0.3) is 0 Å². The van der Waals surface area contributed by atoms with Crippen molar-refractivity contribution < 1.29 is 9.26 Å². The Morgan fingerprint density at radius 3 is 2.81 bits per heavy atom. The van der Waals surface area contributed by atoms with Crippen LogP contribution in [0.25, 0.3) is 0 Å². The van der Waals surface area contributed by atoms with E-state index in [2.05, 4.69) is 10.1 Å². The number of nitrogens with two attached hydrogens (primary N) is 1. The molecule has 1 aliphatic rings. The molecule has 0 radical (unpaired) electrons. The zero-order valence-corrected chi connectivity index (χ0v) is 10.1. The van der Waals surface area contributed by atoms with Crippen LogP contribution >= 0.6 is 0 Å². The first-order valence-corrected chi connectivity index (χ1v) is 5.66. The van der Waals surface area contributed by atoms with E-state index in [0.717, 1.165) is 18.7 Å². The average Bonchev–Trinajstić information content (AvgIpc) is 2.96. The van der Waals surface area contributed by atoms with E-state index >= 15 is 0 Å². The zero-order chi connectivity index (χ0) is 11.8. The van der Waals surface area contributed by atoms with Crippen molar-refractivity contribution >= 4 is 0 Å². The highest BCUT2D eigenvalue weighted by atomic mass is 16.5. The van der Waals surface area contributed by atoms with Crippen molar-refractivity contribution in [3.63, 3.8) is 0 Å². The van der Waals surface area contributed by atoms with Crippen LogP contribution < -0.4 is 5.73 Å². The summed E-state index contributed by atoms with van der Waals surface area (Å²) in [6.45, 7) is 3.99. The fraction of sp³-hybridized carbons (Fsp3) is 0.818. The van der Waals surface area contributed by atoms with Gasteiger partial charge in [-0.25, -0.2) is 0 Å². The number of hydrogen-bond donors (Lipinski definition) is 1. The van der Waals surface area contributed by atoms with Crippen molar-refractivity contribution in [2.75, 3.05) is 7.11 Å². The molecule has 1 unspecified atom stereocenters. The Morgan fingerprint density at radius 1 is 1.56 bits per heavy atom. The van der Waals surface area contributed by atoms with E-state index in [0.29, 0.717) is 18.2 Å². The van der Waals surface area contributed by atoms with Crippen LogP contribution in [0.4, 0.5) is 0 Å². The Hall–Kier alpha value is -0.940. The topological polar surface area (TPSA) is 74.2 Å². The molecule has 5 heteroatoms. The van der Waals surface area contributed by atoms with E-state index in [9.17, 15) is 0 Å². The van der Waals surface area contributed by atoms with Gasteiger partial charge in [-0.2, -0.15) is 4.98 Å². The first-order valence-electron chi connectivity index (χ1n) is 5.66. The van der Waals surface area contributed by atoms with Crippen LogP contribution in [-0.2, 0) is 4.74 Å². The molecular weight excluding hydrogens is 206 g/mol. The summed E-state index contributed by atoms with van der Waals surface area (Å²) in [5, 5.41) is 3.93. The molecule has 1 atom stereocenters. The third kappa shape index (κ3) is 2.59. The van der Waals surface area contributed by atoms with Gasteiger partial charge in [-0.1, -0.05) is 5.16 Å². The SMILES string of the molecule is COC(C)(C)CC(N)c1noc(C2CC2)n1. The third-order valence-corrected chi connectivity index (χ3v) is 2.98. The summed E-state index contributed by atoms with van der Waals surface area (Å²) in [4.78, 5) is 4.33.